The van der Waals surface area contributed by atoms with Crippen molar-refractivity contribution in [1.82, 2.24) is 4.90 Å². The van der Waals surface area contributed by atoms with Crippen molar-refractivity contribution in [2.24, 2.45) is 0 Å². The van der Waals surface area contributed by atoms with E-state index in [-0.39, 0.29) is 5.91 Å². The summed E-state index contributed by atoms with van der Waals surface area (Å²) in [6, 6.07) is 5.92. The lowest BCUT2D eigenvalue weighted by molar-refractivity contribution is 0.0601. The Labute approximate surface area is 168 Å². The minimum atomic E-state index is -0.516. The van der Waals surface area contributed by atoms with Crippen molar-refractivity contribution in [2.75, 3.05) is 31.8 Å². The number of anilines is 2. The summed E-state index contributed by atoms with van der Waals surface area (Å²) >= 11 is 6.56. The van der Waals surface area contributed by atoms with Crippen molar-refractivity contribution in [3.63, 3.8) is 0 Å². The van der Waals surface area contributed by atoms with Gasteiger partial charge in [-0.25, -0.2) is 4.79 Å². The summed E-state index contributed by atoms with van der Waals surface area (Å²) in [6.45, 7) is 5.79. The number of methoxy groups -OCH3 is 1. The maximum Gasteiger partial charge on any atom is 0.341 e. The first-order chi connectivity index (χ1) is 12.6. The topological polar surface area (TPSA) is 70.7 Å². The van der Waals surface area contributed by atoms with Crippen LogP contribution >= 0.6 is 23.6 Å². The first kappa shape index (κ1) is 20.9. The number of thiocarbonyl (C=S) groups is 1. The van der Waals surface area contributed by atoms with E-state index in [2.05, 4.69) is 10.6 Å². The van der Waals surface area contributed by atoms with Crippen LogP contribution in [0.25, 0.3) is 0 Å². The Morgan fingerprint density at radius 1 is 1.11 bits per heavy atom. The lowest BCUT2D eigenvalue weighted by atomic mass is 10.1. The second kappa shape index (κ2) is 8.49. The average Bonchev–Trinajstić information content (AvgIpc) is 2.92. The number of nitrogens with zero attached hydrogens (tertiary/aromatic N) is 1. The van der Waals surface area contributed by atoms with Crippen molar-refractivity contribution in [3.05, 3.63) is 45.3 Å². The van der Waals surface area contributed by atoms with Crippen LogP contribution in [0.15, 0.2) is 18.2 Å². The van der Waals surface area contributed by atoms with E-state index >= 15 is 0 Å². The van der Waals surface area contributed by atoms with Gasteiger partial charge >= 0.3 is 5.97 Å². The van der Waals surface area contributed by atoms with Crippen molar-refractivity contribution in [2.45, 2.75) is 20.8 Å². The molecule has 0 saturated carbocycles. The van der Waals surface area contributed by atoms with E-state index in [0.717, 1.165) is 11.3 Å². The molecule has 27 heavy (non-hydrogen) atoms. The fourth-order valence-corrected chi connectivity index (χ4v) is 3.95. The van der Waals surface area contributed by atoms with Crippen LogP contribution in [0, 0.1) is 20.8 Å². The van der Waals surface area contributed by atoms with Gasteiger partial charge in [-0.2, -0.15) is 0 Å². The highest BCUT2D eigenvalue weighted by Gasteiger charge is 2.26. The summed E-state index contributed by atoms with van der Waals surface area (Å²) in [5, 5.41) is 6.94. The monoisotopic (exact) mass is 405 g/mol. The van der Waals surface area contributed by atoms with Gasteiger partial charge in [0, 0.05) is 19.8 Å². The Hall–Kier alpha value is -2.45. The van der Waals surface area contributed by atoms with Crippen molar-refractivity contribution in [3.8, 4) is 0 Å². The molecule has 1 aromatic carbocycles. The molecule has 144 valence electrons. The summed E-state index contributed by atoms with van der Waals surface area (Å²) in [7, 11) is 4.64. The lowest BCUT2D eigenvalue weighted by Crippen LogP contribution is -2.21. The number of thiophene rings is 1. The molecule has 0 radical (unpaired) electrons. The minimum absolute atomic E-state index is 0.177. The van der Waals surface area contributed by atoms with E-state index < -0.39 is 5.97 Å². The number of carbonyl (C=O) groups excluding carboxylic acids is 2. The second-order valence-corrected chi connectivity index (χ2v) is 7.76. The predicted molar refractivity (Wildman–Crippen MR) is 114 cm³/mol. The summed E-state index contributed by atoms with van der Waals surface area (Å²) in [5.41, 5.74) is 4.06. The minimum Gasteiger partial charge on any atom is -0.465 e. The summed E-state index contributed by atoms with van der Waals surface area (Å²) in [4.78, 5) is 26.6. The molecule has 0 saturated heterocycles. The first-order valence-corrected chi connectivity index (χ1v) is 9.46. The zero-order valence-corrected chi connectivity index (χ0v) is 17.9. The SMILES string of the molecule is COC(=O)c1c(NC(=S)Nc2ccc(C)c(C)c2)sc(C(=O)N(C)C)c1C. The van der Waals surface area contributed by atoms with Gasteiger partial charge in [-0.05, 0) is 61.8 Å². The highest BCUT2D eigenvalue weighted by Crippen LogP contribution is 2.34. The summed E-state index contributed by atoms with van der Waals surface area (Å²) in [6.07, 6.45) is 0. The van der Waals surface area contributed by atoms with Gasteiger partial charge in [-0.15, -0.1) is 11.3 Å². The normalized spacial score (nSPS) is 10.3. The van der Waals surface area contributed by atoms with Crippen LogP contribution in [-0.2, 0) is 4.74 Å². The van der Waals surface area contributed by atoms with Gasteiger partial charge in [0.25, 0.3) is 5.91 Å². The van der Waals surface area contributed by atoms with E-state index in [1.54, 1.807) is 21.0 Å². The van der Waals surface area contributed by atoms with Crippen LogP contribution in [0.2, 0.25) is 0 Å². The third-order valence-electron chi connectivity index (χ3n) is 4.13. The smallest absolute Gasteiger partial charge is 0.341 e. The third-order valence-corrected chi connectivity index (χ3v) is 5.53. The van der Waals surface area contributed by atoms with Crippen molar-refractivity contribution < 1.29 is 14.3 Å². The number of benzene rings is 1. The number of hydrogen-bond donors (Lipinski definition) is 2. The molecular formula is C19H23N3O3S2. The Bertz CT molecular complexity index is 904. The fourth-order valence-electron chi connectivity index (χ4n) is 2.44. The third kappa shape index (κ3) is 4.64. The number of esters is 1. The maximum absolute atomic E-state index is 12.4. The number of amides is 1. The van der Waals surface area contributed by atoms with E-state index in [1.807, 2.05) is 32.0 Å². The summed E-state index contributed by atoms with van der Waals surface area (Å²) < 4.78 is 4.88. The van der Waals surface area contributed by atoms with Crippen molar-refractivity contribution >= 4 is 51.2 Å². The Kier molecular flexibility index (Phi) is 6.56. The molecule has 2 aromatic rings. The van der Waals surface area contributed by atoms with Gasteiger partial charge < -0.3 is 20.3 Å². The van der Waals surface area contributed by atoms with Gasteiger partial charge in [-0.3, -0.25) is 4.79 Å². The molecular weight excluding hydrogens is 382 g/mol. The van der Waals surface area contributed by atoms with Crippen LogP contribution < -0.4 is 10.6 Å². The Morgan fingerprint density at radius 3 is 2.33 bits per heavy atom. The molecule has 6 nitrogen and oxygen atoms in total. The largest absolute Gasteiger partial charge is 0.465 e. The molecule has 1 heterocycles. The molecule has 0 aliphatic carbocycles. The molecule has 8 heteroatoms. The first-order valence-electron chi connectivity index (χ1n) is 8.24. The molecule has 0 bridgehead atoms. The van der Waals surface area contributed by atoms with Crippen LogP contribution in [0.1, 0.15) is 36.7 Å². The molecule has 0 spiro atoms. The van der Waals surface area contributed by atoms with E-state index in [1.165, 1.54) is 28.9 Å². The Morgan fingerprint density at radius 2 is 1.78 bits per heavy atom. The molecule has 0 unspecified atom stereocenters. The molecule has 1 amide bonds. The van der Waals surface area contributed by atoms with Crippen LogP contribution in [0.4, 0.5) is 10.7 Å². The summed E-state index contributed by atoms with van der Waals surface area (Å²) in [5.74, 6) is -0.693. The lowest BCUT2D eigenvalue weighted by Gasteiger charge is -2.12. The van der Waals surface area contributed by atoms with Crippen LogP contribution in [0.5, 0.6) is 0 Å². The highest BCUT2D eigenvalue weighted by atomic mass is 32.1. The molecule has 0 fully saturated rings. The molecule has 2 N–H and O–H groups in total. The molecule has 0 atom stereocenters. The fraction of sp³-hybridized carbons (Fsp3) is 0.316. The standard InChI is InChI=1S/C19H23N3O3S2/c1-10-7-8-13(9-11(10)2)20-19(26)21-16-14(18(24)25-6)12(3)15(27-16)17(23)22(4)5/h7-9H,1-6H3,(H2,20,21,26). The number of rotatable bonds is 4. The van der Waals surface area contributed by atoms with Gasteiger partial charge in [0.1, 0.15) is 5.00 Å². The Balaban J connectivity index is 2.31. The quantitative estimate of drug-likeness (QED) is 0.592. The zero-order chi connectivity index (χ0) is 20.3. The van der Waals surface area contributed by atoms with Gasteiger partial charge in [0.05, 0.1) is 17.6 Å². The highest BCUT2D eigenvalue weighted by molar-refractivity contribution is 7.80. The van der Waals surface area contributed by atoms with Gasteiger partial charge in [0.15, 0.2) is 5.11 Å². The van der Waals surface area contributed by atoms with Crippen molar-refractivity contribution in [1.29, 1.82) is 0 Å². The van der Waals surface area contributed by atoms with Gasteiger partial charge in [-0.1, -0.05) is 6.07 Å². The number of ether oxygens (including phenoxy) is 1. The van der Waals surface area contributed by atoms with Crippen LogP contribution in [-0.4, -0.2) is 43.1 Å². The molecule has 2 rings (SSSR count). The van der Waals surface area contributed by atoms with Gasteiger partial charge in [0.2, 0.25) is 0 Å². The zero-order valence-electron chi connectivity index (χ0n) is 16.2. The molecule has 1 aromatic heterocycles. The average molecular weight is 406 g/mol. The maximum atomic E-state index is 12.4. The number of hydrogen-bond acceptors (Lipinski definition) is 5. The second-order valence-electron chi connectivity index (χ2n) is 6.33. The van der Waals surface area contributed by atoms with E-state index in [0.29, 0.717) is 26.1 Å². The van der Waals surface area contributed by atoms with E-state index in [9.17, 15) is 9.59 Å². The van der Waals surface area contributed by atoms with Crippen LogP contribution in [0.3, 0.4) is 0 Å². The number of nitrogens with one attached hydrogen (secondary N) is 2. The number of carbonyl (C=O) groups is 2. The molecule has 0 aliphatic heterocycles. The van der Waals surface area contributed by atoms with E-state index in [4.69, 9.17) is 17.0 Å². The number of aryl methyl sites for hydroxylation is 2. The molecule has 0 aliphatic rings. The predicted octanol–water partition coefficient (Wildman–Crippen LogP) is 3.97.